The maximum atomic E-state index is 10.3. The molecule has 2 unspecified atom stereocenters. The summed E-state index contributed by atoms with van der Waals surface area (Å²) in [6.45, 7) is 0. The predicted octanol–water partition coefficient (Wildman–Crippen LogP) is -0.0494. The minimum atomic E-state index is -1.30. The minimum absolute atomic E-state index is 0.453. The zero-order valence-corrected chi connectivity index (χ0v) is 7.37. The van der Waals surface area contributed by atoms with Gasteiger partial charge >= 0.3 is 5.97 Å². The standard InChI is InChI=1S/C9H11NO4/c11-7(5-8(12)13)9(14)6-1-3-10-4-2-6/h1-4,7,9,11,14H,5H2,(H,12,13). The van der Waals surface area contributed by atoms with Crippen LogP contribution in [0.15, 0.2) is 24.5 Å². The van der Waals surface area contributed by atoms with Crippen molar-refractivity contribution in [3.8, 4) is 0 Å². The molecule has 1 aromatic rings. The van der Waals surface area contributed by atoms with Crippen molar-refractivity contribution in [3.05, 3.63) is 30.1 Å². The number of carboxylic acid groups (broad SMARTS) is 1. The van der Waals surface area contributed by atoms with Gasteiger partial charge in [0.2, 0.25) is 0 Å². The van der Waals surface area contributed by atoms with Gasteiger partial charge in [0.1, 0.15) is 6.10 Å². The summed E-state index contributed by atoms with van der Waals surface area (Å²) >= 11 is 0. The fraction of sp³-hybridized carbons (Fsp3) is 0.333. The molecule has 1 aromatic heterocycles. The third-order valence-electron chi connectivity index (χ3n) is 1.80. The van der Waals surface area contributed by atoms with Crippen LogP contribution < -0.4 is 0 Å². The summed E-state index contributed by atoms with van der Waals surface area (Å²) in [4.78, 5) is 14.0. The van der Waals surface area contributed by atoms with Gasteiger partial charge in [0.05, 0.1) is 12.5 Å². The lowest BCUT2D eigenvalue weighted by Crippen LogP contribution is -2.21. The lowest BCUT2D eigenvalue weighted by Gasteiger charge is -2.15. The molecule has 0 aliphatic carbocycles. The zero-order valence-electron chi connectivity index (χ0n) is 7.37. The van der Waals surface area contributed by atoms with Gasteiger partial charge in [-0.05, 0) is 17.7 Å². The number of aliphatic hydroxyl groups is 2. The summed E-state index contributed by atoms with van der Waals surface area (Å²) in [5.74, 6) is -1.15. The summed E-state index contributed by atoms with van der Waals surface area (Å²) in [6.07, 6.45) is -0.0364. The van der Waals surface area contributed by atoms with Gasteiger partial charge in [-0.25, -0.2) is 0 Å². The van der Waals surface area contributed by atoms with Gasteiger partial charge in [-0.15, -0.1) is 0 Å². The highest BCUT2D eigenvalue weighted by atomic mass is 16.4. The van der Waals surface area contributed by atoms with E-state index in [1.54, 1.807) is 0 Å². The first-order chi connectivity index (χ1) is 6.61. The van der Waals surface area contributed by atoms with Gasteiger partial charge < -0.3 is 15.3 Å². The third kappa shape index (κ3) is 2.79. The first-order valence-corrected chi connectivity index (χ1v) is 4.09. The van der Waals surface area contributed by atoms with E-state index in [2.05, 4.69) is 4.98 Å². The minimum Gasteiger partial charge on any atom is -0.481 e. The van der Waals surface area contributed by atoms with Gasteiger partial charge in [0, 0.05) is 12.4 Å². The van der Waals surface area contributed by atoms with Crippen molar-refractivity contribution in [1.82, 2.24) is 4.98 Å². The fourth-order valence-electron chi connectivity index (χ4n) is 1.07. The van der Waals surface area contributed by atoms with E-state index in [4.69, 9.17) is 5.11 Å². The molecule has 0 aromatic carbocycles. The number of nitrogens with zero attached hydrogens (tertiary/aromatic N) is 1. The Morgan fingerprint density at radius 1 is 1.36 bits per heavy atom. The van der Waals surface area contributed by atoms with Crippen molar-refractivity contribution >= 4 is 5.97 Å². The second-order valence-corrected chi connectivity index (χ2v) is 2.89. The van der Waals surface area contributed by atoms with E-state index in [1.165, 1.54) is 24.5 Å². The molecule has 5 heteroatoms. The molecule has 0 radical (unpaired) electrons. The molecule has 5 nitrogen and oxygen atoms in total. The maximum Gasteiger partial charge on any atom is 0.306 e. The molecule has 0 aliphatic rings. The van der Waals surface area contributed by atoms with E-state index in [-0.39, 0.29) is 0 Å². The average Bonchev–Trinajstić information content (AvgIpc) is 2.17. The van der Waals surface area contributed by atoms with Crippen LogP contribution in [0.3, 0.4) is 0 Å². The van der Waals surface area contributed by atoms with Gasteiger partial charge in [-0.2, -0.15) is 0 Å². The smallest absolute Gasteiger partial charge is 0.306 e. The molecule has 0 amide bonds. The number of aliphatic carboxylic acids is 1. The summed E-state index contributed by atoms with van der Waals surface area (Å²) in [5.41, 5.74) is 0.453. The molecular weight excluding hydrogens is 186 g/mol. The summed E-state index contributed by atoms with van der Waals surface area (Å²) < 4.78 is 0. The van der Waals surface area contributed by atoms with Crippen molar-refractivity contribution in [2.24, 2.45) is 0 Å². The Balaban J connectivity index is 2.65. The van der Waals surface area contributed by atoms with Crippen LogP contribution in [0.25, 0.3) is 0 Å². The molecule has 0 aliphatic heterocycles. The topological polar surface area (TPSA) is 90.7 Å². The number of carboxylic acids is 1. The van der Waals surface area contributed by atoms with E-state index in [0.29, 0.717) is 5.56 Å². The van der Waals surface area contributed by atoms with Gasteiger partial charge in [0.15, 0.2) is 0 Å². The normalized spacial score (nSPS) is 14.7. The highest BCUT2D eigenvalue weighted by Crippen LogP contribution is 2.17. The van der Waals surface area contributed by atoms with Crippen molar-refractivity contribution < 1.29 is 20.1 Å². The molecule has 0 fully saturated rings. The van der Waals surface area contributed by atoms with Crippen LogP contribution >= 0.6 is 0 Å². The Kier molecular flexibility index (Phi) is 3.55. The van der Waals surface area contributed by atoms with E-state index < -0.39 is 24.6 Å². The van der Waals surface area contributed by atoms with Crippen LogP contribution in [0.4, 0.5) is 0 Å². The van der Waals surface area contributed by atoms with Gasteiger partial charge in [-0.1, -0.05) is 0 Å². The highest BCUT2D eigenvalue weighted by Gasteiger charge is 2.20. The third-order valence-corrected chi connectivity index (χ3v) is 1.80. The van der Waals surface area contributed by atoms with Crippen LogP contribution in [0.2, 0.25) is 0 Å². The van der Waals surface area contributed by atoms with E-state index in [9.17, 15) is 15.0 Å². The first kappa shape index (κ1) is 10.6. The van der Waals surface area contributed by atoms with E-state index in [0.717, 1.165) is 0 Å². The number of rotatable bonds is 4. The molecule has 0 bridgehead atoms. The molecule has 1 rings (SSSR count). The van der Waals surface area contributed by atoms with Crippen molar-refractivity contribution in [2.75, 3.05) is 0 Å². The van der Waals surface area contributed by atoms with Crippen LogP contribution in [0.5, 0.6) is 0 Å². The zero-order chi connectivity index (χ0) is 10.6. The Morgan fingerprint density at radius 2 is 1.93 bits per heavy atom. The summed E-state index contributed by atoms with van der Waals surface area (Å²) in [6, 6.07) is 3.05. The monoisotopic (exact) mass is 197 g/mol. The first-order valence-electron chi connectivity index (χ1n) is 4.09. The van der Waals surface area contributed by atoms with Crippen LogP contribution in [-0.2, 0) is 4.79 Å². The van der Waals surface area contributed by atoms with E-state index in [1.807, 2.05) is 0 Å². The summed E-state index contributed by atoms with van der Waals surface area (Å²) in [7, 11) is 0. The number of hydrogen-bond donors (Lipinski definition) is 3. The number of aromatic nitrogens is 1. The molecule has 2 atom stereocenters. The molecule has 0 saturated heterocycles. The second-order valence-electron chi connectivity index (χ2n) is 2.89. The SMILES string of the molecule is O=C(O)CC(O)C(O)c1ccncc1. The number of carbonyl (C=O) groups is 1. The molecule has 14 heavy (non-hydrogen) atoms. The van der Waals surface area contributed by atoms with Crippen LogP contribution in [0.1, 0.15) is 18.1 Å². The van der Waals surface area contributed by atoms with Crippen molar-refractivity contribution in [1.29, 1.82) is 0 Å². The van der Waals surface area contributed by atoms with Crippen molar-refractivity contribution in [3.63, 3.8) is 0 Å². The molecule has 0 saturated carbocycles. The molecular formula is C9H11NO4. The van der Waals surface area contributed by atoms with E-state index >= 15 is 0 Å². The van der Waals surface area contributed by atoms with Gasteiger partial charge in [-0.3, -0.25) is 9.78 Å². The molecule has 76 valence electrons. The lowest BCUT2D eigenvalue weighted by molar-refractivity contribution is -0.141. The lowest BCUT2D eigenvalue weighted by atomic mass is 10.0. The molecule has 3 N–H and O–H groups in total. The van der Waals surface area contributed by atoms with Crippen molar-refractivity contribution in [2.45, 2.75) is 18.6 Å². The van der Waals surface area contributed by atoms with Crippen LogP contribution in [-0.4, -0.2) is 32.4 Å². The van der Waals surface area contributed by atoms with Gasteiger partial charge in [0.25, 0.3) is 0 Å². The Hall–Kier alpha value is -1.46. The van der Waals surface area contributed by atoms with Crippen LogP contribution in [0, 0.1) is 0 Å². The second kappa shape index (κ2) is 4.69. The largest absolute Gasteiger partial charge is 0.481 e. The summed E-state index contributed by atoms with van der Waals surface area (Å²) in [5, 5.41) is 27.2. The predicted molar refractivity (Wildman–Crippen MR) is 47.5 cm³/mol. The quantitative estimate of drug-likeness (QED) is 0.629. The molecule has 1 heterocycles. The Morgan fingerprint density at radius 3 is 2.43 bits per heavy atom. The highest BCUT2D eigenvalue weighted by molar-refractivity contribution is 5.67. The molecule has 0 spiro atoms. The number of pyridine rings is 1. The maximum absolute atomic E-state index is 10.3. The fourth-order valence-corrected chi connectivity index (χ4v) is 1.07. The number of aliphatic hydroxyl groups excluding tert-OH is 2. The Labute approximate surface area is 80.7 Å². The number of hydrogen-bond acceptors (Lipinski definition) is 4. The Bertz CT molecular complexity index is 301. The average molecular weight is 197 g/mol.